The summed E-state index contributed by atoms with van der Waals surface area (Å²) in [5.74, 6) is -0.408. The molecule has 22 heavy (non-hydrogen) atoms. The van der Waals surface area contributed by atoms with E-state index in [1.165, 1.54) is 19.2 Å². The van der Waals surface area contributed by atoms with Crippen molar-refractivity contribution in [2.75, 3.05) is 12.4 Å². The monoisotopic (exact) mass is 300 g/mol. The Morgan fingerprint density at radius 3 is 2.68 bits per heavy atom. The number of nitrogens with one attached hydrogen (secondary N) is 1. The Morgan fingerprint density at radius 1 is 1.27 bits per heavy atom. The summed E-state index contributed by atoms with van der Waals surface area (Å²) >= 11 is 0. The summed E-state index contributed by atoms with van der Waals surface area (Å²) in [6, 6.07) is 10.7. The van der Waals surface area contributed by atoms with Crippen LogP contribution in [-0.2, 0) is 4.74 Å². The van der Waals surface area contributed by atoms with E-state index < -0.39 is 18.0 Å². The van der Waals surface area contributed by atoms with E-state index in [-0.39, 0.29) is 0 Å². The Kier molecular flexibility index (Phi) is 3.60. The van der Waals surface area contributed by atoms with Gasteiger partial charge < -0.3 is 15.2 Å². The maximum Gasteiger partial charge on any atom is 0.337 e. The van der Waals surface area contributed by atoms with E-state index in [2.05, 4.69) is 15.0 Å². The molecular weight excluding hydrogens is 287 g/mol. The number of ether oxygens (including phenoxy) is 1. The van der Waals surface area contributed by atoms with Crippen LogP contribution in [-0.4, -0.2) is 24.0 Å². The maximum atomic E-state index is 13.2. The first-order valence-electron chi connectivity index (χ1n) is 6.59. The lowest BCUT2D eigenvalue weighted by molar-refractivity contribution is 0.0600. The van der Waals surface area contributed by atoms with E-state index >= 15 is 0 Å². The van der Waals surface area contributed by atoms with Gasteiger partial charge in [0.05, 0.1) is 12.7 Å². The number of nitrogens with zero attached hydrogens (tertiary/aromatic N) is 1. The highest BCUT2D eigenvalue weighted by atomic mass is 19.1. The molecule has 0 amide bonds. The van der Waals surface area contributed by atoms with Gasteiger partial charge in [0, 0.05) is 16.8 Å². The molecule has 0 fully saturated rings. The second-order valence-corrected chi connectivity index (χ2v) is 4.78. The molecule has 0 aromatic heterocycles. The third-order valence-corrected chi connectivity index (χ3v) is 3.38. The highest BCUT2D eigenvalue weighted by molar-refractivity contribution is 6.10. The molecule has 0 radical (unpaired) electrons. The summed E-state index contributed by atoms with van der Waals surface area (Å²) in [7, 11) is 1.31. The quantitative estimate of drug-likeness (QED) is 0.836. The topological polar surface area (TPSA) is 70.9 Å². The summed E-state index contributed by atoms with van der Waals surface area (Å²) in [6.07, 6.45) is -1.14. The van der Waals surface area contributed by atoms with Crippen LogP contribution in [0.15, 0.2) is 47.5 Å². The molecule has 0 aliphatic carbocycles. The third-order valence-electron chi connectivity index (χ3n) is 3.38. The van der Waals surface area contributed by atoms with Gasteiger partial charge in [-0.3, -0.25) is 0 Å². The first-order chi connectivity index (χ1) is 10.6. The summed E-state index contributed by atoms with van der Waals surface area (Å²) in [5.41, 5.74) is 2.10. The largest absolute Gasteiger partial charge is 0.465 e. The van der Waals surface area contributed by atoms with Crippen molar-refractivity contribution < 1.29 is 19.0 Å². The summed E-state index contributed by atoms with van der Waals surface area (Å²) in [6.45, 7) is 0. The van der Waals surface area contributed by atoms with Crippen molar-refractivity contribution in [2.45, 2.75) is 6.23 Å². The third kappa shape index (κ3) is 2.56. The zero-order chi connectivity index (χ0) is 15.7. The van der Waals surface area contributed by atoms with E-state index in [4.69, 9.17) is 0 Å². The summed E-state index contributed by atoms with van der Waals surface area (Å²) in [4.78, 5) is 15.5. The number of hydrogen-bond acceptors (Lipinski definition) is 5. The number of aliphatic hydroxyl groups is 1. The van der Waals surface area contributed by atoms with Gasteiger partial charge in [0.15, 0.2) is 6.23 Å². The lowest BCUT2D eigenvalue weighted by Crippen LogP contribution is -2.21. The van der Waals surface area contributed by atoms with Crippen LogP contribution in [0.5, 0.6) is 0 Å². The number of halogens is 1. The molecule has 0 saturated carbocycles. The first-order valence-corrected chi connectivity index (χ1v) is 6.59. The minimum atomic E-state index is -1.14. The average molecular weight is 300 g/mol. The molecule has 1 atom stereocenters. The predicted octanol–water partition coefficient (Wildman–Crippen LogP) is 2.48. The predicted molar refractivity (Wildman–Crippen MR) is 79.3 cm³/mol. The smallest absolute Gasteiger partial charge is 0.337 e. The highest BCUT2D eigenvalue weighted by Crippen LogP contribution is 2.30. The Hall–Kier alpha value is -2.73. The van der Waals surface area contributed by atoms with Gasteiger partial charge in [0.2, 0.25) is 0 Å². The summed E-state index contributed by atoms with van der Waals surface area (Å²) < 4.78 is 17.8. The molecule has 2 N–H and O–H groups in total. The van der Waals surface area contributed by atoms with Gasteiger partial charge in [0.25, 0.3) is 0 Å². The van der Waals surface area contributed by atoms with Crippen molar-refractivity contribution in [3.8, 4) is 0 Å². The standard InChI is InChI=1S/C16H13FN2O3/c1-22-16(21)10-4-2-9(3-5-10)14-18-13-7-6-11(17)8-12(13)15(20)19-14/h2-8,15,20H,1H3,(H,18,19). The van der Waals surface area contributed by atoms with Crippen LogP contribution in [0.2, 0.25) is 0 Å². The van der Waals surface area contributed by atoms with E-state index in [1.54, 1.807) is 30.3 Å². The molecule has 3 rings (SSSR count). The molecule has 2 aromatic carbocycles. The molecule has 5 nitrogen and oxygen atoms in total. The molecule has 0 saturated heterocycles. The highest BCUT2D eigenvalue weighted by Gasteiger charge is 2.20. The fourth-order valence-corrected chi connectivity index (χ4v) is 2.24. The molecule has 0 spiro atoms. The van der Waals surface area contributed by atoms with Gasteiger partial charge in [-0.05, 0) is 30.3 Å². The summed E-state index contributed by atoms with van der Waals surface area (Å²) in [5, 5.41) is 13.1. The number of hydrogen-bond donors (Lipinski definition) is 2. The molecule has 6 heteroatoms. The Balaban J connectivity index is 1.91. The van der Waals surface area contributed by atoms with E-state index in [0.717, 1.165) is 0 Å². The van der Waals surface area contributed by atoms with Gasteiger partial charge in [-0.15, -0.1) is 0 Å². The molecular formula is C16H13FN2O3. The van der Waals surface area contributed by atoms with Crippen LogP contribution in [0.25, 0.3) is 0 Å². The molecule has 1 heterocycles. The number of aliphatic imine (C=N–C) groups is 1. The van der Waals surface area contributed by atoms with Crippen LogP contribution >= 0.6 is 0 Å². The number of amidine groups is 1. The van der Waals surface area contributed by atoms with Crippen LogP contribution in [0.4, 0.5) is 10.1 Å². The van der Waals surface area contributed by atoms with Gasteiger partial charge in [0.1, 0.15) is 11.7 Å². The lowest BCUT2D eigenvalue weighted by Gasteiger charge is -2.22. The fraction of sp³-hybridized carbons (Fsp3) is 0.125. The minimum Gasteiger partial charge on any atom is -0.465 e. The second-order valence-electron chi connectivity index (χ2n) is 4.78. The van der Waals surface area contributed by atoms with Crippen molar-refractivity contribution in [3.05, 3.63) is 65.0 Å². The second kappa shape index (κ2) is 5.57. The number of carbonyl (C=O) groups is 1. The van der Waals surface area contributed by atoms with Gasteiger partial charge >= 0.3 is 5.97 Å². The number of rotatable bonds is 2. The Bertz CT molecular complexity index is 756. The molecule has 1 unspecified atom stereocenters. The minimum absolute atomic E-state index is 0.384. The van der Waals surface area contributed by atoms with Crippen LogP contribution < -0.4 is 5.32 Å². The zero-order valence-corrected chi connectivity index (χ0v) is 11.7. The number of methoxy groups -OCH3 is 1. The van der Waals surface area contributed by atoms with Crippen LogP contribution in [0, 0.1) is 5.82 Å². The normalized spacial score (nSPS) is 16.3. The SMILES string of the molecule is COC(=O)c1ccc(C2=NC(O)c3cc(F)ccc3N2)cc1. The number of carbonyl (C=O) groups excluding carboxylic acids is 1. The first kappa shape index (κ1) is 14.2. The lowest BCUT2D eigenvalue weighted by atomic mass is 10.1. The van der Waals surface area contributed by atoms with Crippen molar-refractivity contribution >= 4 is 17.5 Å². The molecule has 1 aliphatic heterocycles. The molecule has 2 aromatic rings. The Labute approximate surface area is 126 Å². The molecule has 1 aliphatic rings. The van der Waals surface area contributed by atoms with Crippen LogP contribution in [0.1, 0.15) is 27.7 Å². The zero-order valence-electron chi connectivity index (χ0n) is 11.7. The van der Waals surface area contributed by atoms with E-state index in [9.17, 15) is 14.3 Å². The van der Waals surface area contributed by atoms with Gasteiger partial charge in [-0.2, -0.15) is 0 Å². The van der Waals surface area contributed by atoms with Crippen molar-refractivity contribution in [2.24, 2.45) is 4.99 Å². The fourth-order valence-electron chi connectivity index (χ4n) is 2.24. The molecule has 112 valence electrons. The van der Waals surface area contributed by atoms with Crippen molar-refractivity contribution in [3.63, 3.8) is 0 Å². The average Bonchev–Trinajstić information content (AvgIpc) is 2.55. The van der Waals surface area contributed by atoms with Gasteiger partial charge in [-0.25, -0.2) is 14.2 Å². The number of fused-ring (bicyclic) bond motifs is 1. The molecule has 0 bridgehead atoms. The van der Waals surface area contributed by atoms with E-state index in [1.807, 2.05) is 0 Å². The van der Waals surface area contributed by atoms with E-state index in [0.29, 0.717) is 28.2 Å². The number of aliphatic hydroxyl groups excluding tert-OH is 1. The number of esters is 1. The van der Waals surface area contributed by atoms with Gasteiger partial charge in [-0.1, -0.05) is 12.1 Å². The maximum absolute atomic E-state index is 13.2. The van der Waals surface area contributed by atoms with Crippen LogP contribution in [0.3, 0.4) is 0 Å². The van der Waals surface area contributed by atoms with Crippen molar-refractivity contribution in [1.29, 1.82) is 0 Å². The number of anilines is 1. The Morgan fingerprint density at radius 2 is 2.00 bits per heavy atom. The van der Waals surface area contributed by atoms with Crippen molar-refractivity contribution in [1.82, 2.24) is 0 Å². The number of benzene rings is 2.